The highest BCUT2D eigenvalue weighted by atomic mass is 16.7. The van der Waals surface area contributed by atoms with Crippen molar-refractivity contribution < 1.29 is 29.0 Å². The molecule has 0 heterocycles. The molecule has 1 fully saturated rings. The number of amides is 1. The Kier molecular flexibility index (Phi) is 9.15. The monoisotopic (exact) mass is 419 g/mol. The van der Waals surface area contributed by atoms with Gasteiger partial charge in [-0.05, 0) is 29.7 Å². The first-order valence-corrected chi connectivity index (χ1v) is 10.7. The third kappa shape index (κ3) is 8.43. The minimum atomic E-state index is -1.04. The third-order valence-electron chi connectivity index (χ3n) is 5.37. The molecule has 0 saturated heterocycles. The molecule has 7 nitrogen and oxygen atoms in total. The van der Waals surface area contributed by atoms with Gasteiger partial charge in [0.2, 0.25) is 0 Å². The standard InChI is InChI=1S/C23H33NO6/c1-17(2)13-20(27)29-21(14-18-9-5-3-6-10-18)30-22(28)24-16-23(15-19(25)26)11-7-4-8-12-23/h3,5-6,9-10,17,21H,4,7-8,11-16H2,1-2H3,(H,24,28)(H,25,26). The molecular weight excluding hydrogens is 386 g/mol. The molecule has 30 heavy (non-hydrogen) atoms. The van der Waals surface area contributed by atoms with Gasteiger partial charge in [-0.1, -0.05) is 63.4 Å². The lowest BCUT2D eigenvalue weighted by Crippen LogP contribution is -2.42. The molecule has 7 heteroatoms. The Morgan fingerprint density at radius 3 is 2.33 bits per heavy atom. The van der Waals surface area contributed by atoms with Crippen LogP contribution in [0.3, 0.4) is 0 Å². The summed E-state index contributed by atoms with van der Waals surface area (Å²) in [5.74, 6) is -1.16. The van der Waals surface area contributed by atoms with Crippen molar-refractivity contribution in [3.8, 4) is 0 Å². The molecule has 0 bridgehead atoms. The van der Waals surface area contributed by atoms with Crippen molar-refractivity contribution in [3.05, 3.63) is 35.9 Å². The Bertz CT molecular complexity index is 697. The van der Waals surface area contributed by atoms with Gasteiger partial charge in [-0.15, -0.1) is 0 Å². The summed E-state index contributed by atoms with van der Waals surface area (Å²) in [7, 11) is 0. The van der Waals surface area contributed by atoms with Crippen LogP contribution in [0.1, 0.15) is 64.4 Å². The minimum absolute atomic E-state index is 0.0180. The summed E-state index contributed by atoms with van der Waals surface area (Å²) < 4.78 is 10.8. The van der Waals surface area contributed by atoms with Crippen LogP contribution in [0.2, 0.25) is 0 Å². The van der Waals surface area contributed by atoms with Crippen molar-refractivity contribution in [1.82, 2.24) is 5.32 Å². The first kappa shape index (κ1) is 23.7. The predicted molar refractivity (Wildman–Crippen MR) is 112 cm³/mol. The maximum atomic E-state index is 12.4. The fourth-order valence-corrected chi connectivity index (χ4v) is 3.90. The lowest BCUT2D eigenvalue weighted by molar-refractivity contribution is -0.168. The number of nitrogens with one attached hydrogen (secondary N) is 1. The fraction of sp³-hybridized carbons (Fsp3) is 0.609. The molecule has 166 valence electrons. The number of ether oxygens (including phenoxy) is 2. The molecule has 1 aromatic carbocycles. The Morgan fingerprint density at radius 2 is 1.73 bits per heavy atom. The molecule has 2 rings (SSSR count). The van der Waals surface area contributed by atoms with Gasteiger partial charge in [-0.2, -0.15) is 0 Å². The van der Waals surface area contributed by atoms with E-state index in [2.05, 4.69) is 5.32 Å². The van der Waals surface area contributed by atoms with E-state index in [1.54, 1.807) is 0 Å². The summed E-state index contributed by atoms with van der Waals surface area (Å²) in [5.41, 5.74) is 0.425. The number of hydrogen-bond donors (Lipinski definition) is 2. The second-order valence-corrected chi connectivity index (χ2v) is 8.60. The number of aliphatic carboxylic acids is 1. The van der Waals surface area contributed by atoms with Crippen molar-refractivity contribution >= 4 is 18.0 Å². The summed E-state index contributed by atoms with van der Waals surface area (Å²) in [6.07, 6.45) is 3.26. The van der Waals surface area contributed by atoms with Gasteiger partial charge in [0.1, 0.15) is 0 Å². The van der Waals surface area contributed by atoms with Gasteiger partial charge < -0.3 is 19.9 Å². The topological polar surface area (TPSA) is 102 Å². The smallest absolute Gasteiger partial charge is 0.410 e. The second-order valence-electron chi connectivity index (χ2n) is 8.60. The van der Waals surface area contributed by atoms with Crippen LogP contribution < -0.4 is 5.32 Å². The van der Waals surface area contributed by atoms with Crippen LogP contribution in [-0.4, -0.2) is 36.0 Å². The minimum Gasteiger partial charge on any atom is -0.481 e. The van der Waals surface area contributed by atoms with Gasteiger partial charge in [0.15, 0.2) is 0 Å². The van der Waals surface area contributed by atoms with Crippen LogP contribution in [0.4, 0.5) is 4.79 Å². The molecule has 1 aliphatic carbocycles. The lowest BCUT2D eigenvalue weighted by Gasteiger charge is -2.36. The molecule has 0 radical (unpaired) electrons. The van der Waals surface area contributed by atoms with E-state index in [9.17, 15) is 19.5 Å². The molecule has 1 aromatic rings. The van der Waals surface area contributed by atoms with E-state index in [1.165, 1.54) is 0 Å². The molecule has 1 amide bonds. The molecule has 2 N–H and O–H groups in total. The molecule has 1 atom stereocenters. The van der Waals surface area contributed by atoms with Crippen LogP contribution in [0, 0.1) is 11.3 Å². The highest BCUT2D eigenvalue weighted by molar-refractivity contribution is 5.71. The number of carbonyl (C=O) groups is 3. The predicted octanol–water partition coefficient (Wildman–Crippen LogP) is 4.30. The number of carboxylic acids is 1. The van der Waals surface area contributed by atoms with E-state index in [1.807, 2.05) is 44.2 Å². The molecule has 1 aliphatic rings. The zero-order valence-corrected chi connectivity index (χ0v) is 17.9. The van der Waals surface area contributed by atoms with Gasteiger partial charge in [0.05, 0.1) is 6.42 Å². The van der Waals surface area contributed by atoms with Crippen molar-refractivity contribution in [1.29, 1.82) is 0 Å². The summed E-state index contributed by atoms with van der Waals surface area (Å²) in [6.45, 7) is 4.05. The molecule has 1 unspecified atom stereocenters. The zero-order chi connectivity index (χ0) is 22.0. The summed E-state index contributed by atoms with van der Waals surface area (Å²) in [6, 6.07) is 9.34. The lowest BCUT2D eigenvalue weighted by atomic mass is 9.72. The Hall–Kier alpha value is -2.57. The van der Waals surface area contributed by atoms with Crippen LogP contribution >= 0.6 is 0 Å². The number of carboxylic acid groups (broad SMARTS) is 1. The first-order chi connectivity index (χ1) is 14.3. The van der Waals surface area contributed by atoms with E-state index in [-0.39, 0.29) is 31.7 Å². The van der Waals surface area contributed by atoms with E-state index < -0.39 is 29.7 Å². The van der Waals surface area contributed by atoms with Gasteiger partial charge in [-0.25, -0.2) is 4.79 Å². The molecule has 0 aliphatic heterocycles. The molecule has 0 aromatic heterocycles. The molecule has 1 saturated carbocycles. The van der Waals surface area contributed by atoms with Gasteiger partial charge in [-0.3, -0.25) is 9.59 Å². The highest BCUT2D eigenvalue weighted by Crippen LogP contribution is 2.38. The second kappa shape index (κ2) is 11.6. The van der Waals surface area contributed by atoms with E-state index in [0.29, 0.717) is 0 Å². The summed E-state index contributed by atoms with van der Waals surface area (Å²) >= 11 is 0. The third-order valence-corrected chi connectivity index (χ3v) is 5.37. The van der Waals surface area contributed by atoms with E-state index >= 15 is 0 Å². The normalized spacial score (nSPS) is 16.5. The van der Waals surface area contributed by atoms with Crippen molar-refractivity contribution in [2.75, 3.05) is 6.54 Å². The van der Waals surface area contributed by atoms with Crippen molar-refractivity contribution in [3.63, 3.8) is 0 Å². The number of benzene rings is 1. The number of rotatable bonds is 10. The average molecular weight is 420 g/mol. The largest absolute Gasteiger partial charge is 0.481 e. The van der Waals surface area contributed by atoms with Crippen molar-refractivity contribution in [2.24, 2.45) is 11.3 Å². The maximum absolute atomic E-state index is 12.4. The van der Waals surface area contributed by atoms with Gasteiger partial charge >= 0.3 is 18.0 Å². The number of carbonyl (C=O) groups excluding carboxylic acids is 2. The van der Waals surface area contributed by atoms with Crippen LogP contribution in [0.5, 0.6) is 0 Å². The number of esters is 1. The average Bonchev–Trinajstić information content (AvgIpc) is 2.67. The van der Waals surface area contributed by atoms with Crippen LogP contribution in [0.25, 0.3) is 0 Å². The Morgan fingerprint density at radius 1 is 1.07 bits per heavy atom. The molecular formula is C23H33NO6. The number of alkyl carbamates (subject to hydrolysis) is 1. The highest BCUT2D eigenvalue weighted by Gasteiger charge is 2.35. The quantitative estimate of drug-likeness (QED) is 0.433. The molecule has 0 spiro atoms. The Balaban J connectivity index is 1.97. The SMILES string of the molecule is CC(C)CC(=O)OC(Cc1ccccc1)OC(=O)NCC1(CC(=O)O)CCCCC1. The Labute approximate surface area is 178 Å². The van der Waals surface area contributed by atoms with E-state index in [4.69, 9.17) is 9.47 Å². The summed E-state index contributed by atoms with van der Waals surface area (Å²) in [5, 5.41) is 12.0. The van der Waals surface area contributed by atoms with Crippen molar-refractivity contribution in [2.45, 2.75) is 71.5 Å². The van der Waals surface area contributed by atoms with Gasteiger partial charge in [0, 0.05) is 19.4 Å². The maximum Gasteiger partial charge on any atom is 0.410 e. The summed E-state index contributed by atoms with van der Waals surface area (Å²) in [4.78, 5) is 35.9. The van der Waals surface area contributed by atoms with Crippen LogP contribution in [0.15, 0.2) is 30.3 Å². The zero-order valence-electron chi connectivity index (χ0n) is 17.9. The fourth-order valence-electron chi connectivity index (χ4n) is 3.90. The van der Waals surface area contributed by atoms with Gasteiger partial charge in [0.25, 0.3) is 6.29 Å². The van der Waals surface area contributed by atoms with E-state index in [0.717, 1.165) is 37.7 Å². The first-order valence-electron chi connectivity index (χ1n) is 10.7. The number of hydrogen-bond acceptors (Lipinski definition) is 5. The van der Waals surface area contributed by atoms with Crippen LogP contribution in [-0.2, 0) is 25.5 Å².